The average molecular weight is 281 g/mol. The third kappa shape index (κ3) is 3.14. The minimum atomic E-state index is -0.486. The number of hydrogen-bond donors (Lipinski definition) is 2. The Kier molecular flexibility index (Phi) is 3.76. The summed E-state index contributed by atoms with van der Waals surface area (Å²) < 4.78 is 0. The summed E-state index contributed by atoms with van der Waals surface area (Å²) in [6.45, 7) is 1.72. The molecular formula is C18H19NO2. The van der Waals surface area contributed by atoms with Crippen LogP contribution in [-0.4, -0.2) is 11.0 Å². The lowest BCUT2D eigenvalue weighted by Gasteiger charge is -2.08. The second-order valence-corrected chi connectivity index (χ2v) is 5.65. The topological polar surface area (TPSA) is 49.3 Å². The molecule has 0 radical (unpaired) electrons. The van der Waals surface area contributed by atoms with Gasteiger partial charge >= 0.3 is 0 Å². The fourth-order valence-electron chi connectivity index (χ4n) is 2.63. The first-order valence-corrected chi connectivity index (χ1v) is 7.29. The lowest BCUT2D eigenvalue weighted by atomic mass is 10.1. The Balaban J connectivity index is 1.60. The number of carbonyl (C=O) groups is 1. The molecule has 3 nitrogen and oxygen atoms in total. The summed E-state index contributed by atoms with van der Waals surface area (Å²) in [5.74, 6) is 0.500. The summed E-state index contributed by atoms with van der Waals surface area (Å²) >= 11 is 0. The van der Waals surface area contributed by atoms with Crippen molar-refractivity contribution < 1.29 is 9.90 Å². The van der Waals surface area contributed by atoms with Crippen molar-refractivity contribution in [1.82, 2.24) is 0 Å². The molecular weight excluding hydrogens is 262 g/mol. The largest absolute Gasteiger partial charge is 0.389 e. The highest BCUT2D eigenvalue weighted by atomic mass is 16.3. The van der Waals surface area contributed by atoms with E-state index in [4.69, 9.17) is 0 Å². The van der Waals surface area contributed by atoms with Crippen LogP contribution in [0.25, 0.3) is 0 Å². The van der Waals surface area contributed by atoms with Crippen LogP contribution in [0.4, 0.5) is 5.69 Å². The molecule has 21 heavy (non-hydrogen) atoms. The van der Waals surface area contributed by atoms with E-state index >= 15 is 0 Å². The van der Waals surface area contributed by atoms with Crippen LogP contribution in [-0.2, 0) is 4.79 Å². The van der Waals surface area contributed by atoms with Gasteiger partial charge in [-0.2, -0.15) is 0 Å². The van der Waals surface area contributed by atoms with Crippen molar-refractivity contribution >= 4 is 11.6 Å². The number of aliphatic hydroxyl groups excluding tert-OH is 1. The Morgan fingerprint density at radius 1 is 1.14 bits per heavy atom. The number of rotatable bonds is 4. The van der Waals surface area contributed by atoms with Gasteiger partial charge < -0.3 is 10.4 Å². The summed E-state index contributed by atoms with van der Waals surface area (Å²) in [5.41, 5.74) is 2.87. The molecule has 1 aliphatic carbocycles. The Morgan fingerprint density at radius 3 is 2.43 bits per heavy atom. The van der Waals surface area contributed by atoms with E-state index in [1.807, 2.05) is 42.5 Å². The molecule has 1 aliphatic rings. The maximum atomic E-state index is 12.2. The lowest BCUT2D eigenvalue weighted by Crippen LogP contribution is -2.14. The van der Waals surface area contributed by atoms with E-state index in [0.717, 1.165) is 17.7 Å². The van der Waals surface area contributed by atoms with E-state index < -0.39 is 6.10 Å². The number of carbonyl (C=O) groups excluding carboxylic acids is 1. The quantitative estimate of drug-likeness (QED) is 0.901. The zero-order valence-electron chi connectivity index (χ0n) is 12.0. The highest BCUT2D eigenvalue weighted by molar-refractivity contribution is 5.95. The monoisotopic (exact) mass is 281 g/mol. The van der Waals surface area contributed by atoms with Crippen molar-refractivity contribution in [2.75, 3.05) is 5.32 Å². The van der Waals surface area contributed by atoms with Gasteiger partial charge in [0.25, 0.3) is 0 Å². The van der Waals surface area contributed by atoms with Crippen molar-refractivity contribution in [3.63, 3.8) is 0 Å². The number of nitrogens with one attached hydrogen (secondary N) is 1. The highest BCUT2D eigenvalue weighted by Gasteiger charge is 2.43. The Hall–Kier alpha value is -2.13. The minimum absolute atomic E-state index is 0.0730. The Bertz CT molecular complexity index is 619. The summed E-state index contributed by atoms with van der Waals surface area (Å²) in [6, 6.07) is 17.5. The van der Waals surface area contributed by atoms with Gasteiger partial charge in [0.15, 0.2) is 0 Å². The molecule has 0 aliphatic heterocycles. The first-order chi connectivity index (χ1) is 10.1. The standard InChI is InChI=1S/C18H19NO2/c1-12(20)13-7-9-15(10-8-13)19-18(21)17-11-16(17)14-5-3-2-4-6-14/h2-10,12,16-17,20H,11H2,1H3,(H,19,21). The molecule has 1 amide bonds. The van der Waals surface area contributed by atoms with Gasteiger partial charge in [-0.25, -0.2) is 0 Å². The molecule has 0 aromatic heterocycles. The van der Waals surface area contributed by atoms with Crippen molar-refractivity contribution in [2.45, 2.75) is 25.4 Å². The molecule has 0 bridgehead atoms. The van der Waals surface area contributed by atoms with Crippen LogP contribution in [0.2, 0.25) is 0 Å². The summed E-state index contributed by atoms with van der Waals surface area (Å²) in [6.07, 6.45) is 0.433. The van der Waals surface area contributed by atoms with Gasteiger partial charge in [-0.15, -0.1) is 0 Å². The molecule has 108 valence electrons. The predicted octanol–water partition coefficient (Wildman–Crippen LogP) is 3.48. The van der Waals surface area contributed by atoms with Crippen molar-refractivity contribution in [3.8, 4) is 0 Å². The molecule has 2 aromatic rings. The highest BCUT2D eigenvalue weighted by Crippen LogP contribution is 2.47. The number of amides is 1. The number of benzene rings is 2. The predicted molar refractivity (Wildman–Crippen MR) is 83.0 cm³/mol. The zero-order chi connectivity index (χ0) is 14.8. The third-order valence-electron chi connectivity index (χ3n) is 4.02. The Labute approximate surface area is 124 Å². The first-order valence-electron chi connectivity index (χ1n) is 7.29. The Morgan fingerprint density at radius 2 is 1.81 bits per heavy atom. The van der Waals surface area contributed by atoms with Crippen LogP contribution >= 0.6 is 0 Å². The van der Waals surface area contributed by atoms with Crippen LogP contribution in [0.1, 0.15) is 36.5 Å². The summed E-state index contributed by atoms with van der Waals surface area (Å²) in [5, 5.41) is 12.4. The van der Waals surface area contributed by atoms with E-state index in [2.05, 4.69) is 17.4 Å². The average Bonchev–Trinajstić information content (AvgIpc) is 3.29. The molecule has 2 aromatic carbocycles. The van der Waals surface area contributed by atoms with Gasteiger partial charge in [0.2, 0.25) is 5.91 Å². The normalized spacial score (nSPS) is 21.6. The second kappa shape index (κ2) is 5.70. The number of anilines is 1. The second-order valence-electron chi connectivity index (χ2n) is 5.65. The molecule has 3 heteroatoms. The lowest BCUT2D eigenvalue weighted by molar-refractivity contribution is -0.117. The molecule has 0 saturated heterocycles. The van der Waals surface area contributed by atoms with E-state index in [0.29, 0.717) is 5.92 Å². The molecule has 1 saturated carbocycles. The van der Waals surface area contributed by atoms with E-state index in [-0.39, 0.29) is 11.8 Å². The maximum Gasteiger partial charge on any atom is 0.228 e. The van der Waals surface area contributed by atoms with Crippen LogP contribution in [0.5, 0.6) is 0 Å². The molecule has 2 N–H and O–H groups in total. The number of aliphatic hydroxyl groups is 1. The molecule has 0 spiro atoms. The van der Waals surface area contributed by atoms with Crippen molar-refractivity contribution in [1.29, 1.82) is 0 Å². The molecule has 1 fully saturated rings. The van der Waals surface area contributed by atoms with Gasteiger partial charge in [-0.05, 0) is 42.5 Å². The SMILES string of the molecule is CC(O)c1ccc(NC(=O)C2CC2c2ccccc2)cc1. The third-order valence-corrected chi connectivity index (χ3v) is 4.02. The summed E-state index contributed by atoms with van der Waals surface area (Å²) in [4.78, 5) is 12.2. The molecule has 0 heterocycles. The summed E-state index contributed by atoms with van der Waals surface area (Å²) in [7, 11) is 0. The number of hydrogen-bond acceptors (Lipinski definition) is 2. The minimum Gasteiger partial charge on any atom is -0.389 e. The van der Waals surface area contributed by atoms with Crippen LogP contribution < -0.4 is 5.32 Å². The van der Waals surface area contributed by atoms with E-state index in [1.54, 1.807) is 6.92 Å². The fourth-order valence-corrected chi connectivity index (χ4v) is 2.63. The molecule has 3 unspecified atom stereocenters. The van der Waals surface area contributed by atoms with Crippen LogP contribution in [0.3, 0.4) is 0 Å². The van der Waals surface area contributed by atoms with E-state index in [9.17, 15) is 9.90 Å². The fraction of sp³-hybridized carbons (Fsp3) is 0.278. The van der Waals surface area contributed by atoms with Gasteiger partial charge in [0, 0.05) is 11.6 Å². The van der Waals surface area contributed by atoms with Gasteiger partial charge in [-0.3, -0.25) is 4.79 Å². The molecule has 3 atom stereocenters. The van der Waals surface area contributed by atoms with Crippen molar-refractivity contribution in [3.05, 3.63) is 65.7 Å². The van der Waals surface area contributed by atoms with Crippen molar-refractivity contribution in [2.24, 2.45) is 5.92 Å². The zero-order valence-corrected chi connectivity index (χ0v) is 12.0. The van der Waals surface area contributed by atoms with Gasteiger partial charge in [0.1, 0.15) is 0 Å². The molecule has 3 rings (SSSR count). The smallest absolute Gasteiger partial charge is 0.228 e. The van der Waals surface area contributed by atoms with Gasteiger partial charge in [-0.1, -0.05) is 42.5 Å². The van der Waals surface area contributed by atoms with E-state index in [1.165, 1.54) is 5.56 Å². The van der Waals surface area contributed by atoms with Crippen LogP contribution in [0, 0.1) is 5.92 Å². The van der Waals surface area contributed by atoms with Gasteiger partial charge in [0.05, 0.1) is 6.10 Å². The van der Waals surface area contributed by atoms with Crippen LogP contribution in [0.15, 0.2) is 54.6 Å². The first kappa shape index (κ1) is 13.8. The maximum absolute atomic E-state index is 12.2.